The monoisotopic (exact) mass is 331 g/mol. The minimum atomic E-state index is -0.619. The summed E-state index contributed by atoms with van der Waals surface area (Å²) < 4.78 is 13.8. The molecule has 0 aromatic carbocycles. The minimum Gasteiger partial charge on any atom is -0.331 e. The van der Waals surface area contributed by atoms with Crippen LogP contribution in [0.3, 0.4) is 0 Å². The first-order valence-electron chi connectivity index (χ1n) is 8.34. The molecule has 2 heterocycles. The number of pyridine rings is 1. The van der Waals surface area contributed by atoms with Crippen LogP contribution < -0.4 is 0 Å². The zero-order chi connectivity index (χ0) is 17.3. The van der Waals surface area contributed by atoms with Gasteiger partial charge in [-0.15, -0.1) is 0 Å². The molecule has 0 atom stereocenters. The van der Waals surface area contributed by atoms with Gasteiger partial charge in [-0.2, -0.15) is 0 Å². The first-order chi connectivity index (χ1) is 11.5. The lowest BCUT2D eigenvalue weighted by molar-refractivity contribution is -0.129. The molecule has 2 aliphatic rings. The second-order valence-electron chi connectivity index (χ2n) is 6.62. The molecule has 1 aromatic heterocycles. The summed E-state index contributed by atoms with van der Waals surface area (Å²) in [5.41, 5.74) is 0.0579. The Balaban J connectivity index is 1.72. The molecule has 6 nitrogen and oxygen atoms in total. The molecule has 1 aromatic rings. The Labute approximate surface area is 140 Å². The van der Waals surface area contributed by atoms with E-state index in [2.05, 4.69) is 11.9 Å². The molecule has 1 saturated heterocycles. The van der Waals surface area contributed by atoms with Gasteiger partial charge in [0.15, 0.2) is 11.7 Å². The van der Waals surface area contributed by atoms with Crippen molar-refractivity contribution in [2.24, 2.45) is 5.92 Å². The van der Waals surface area contributed by atoms with Crippen molar-refractivity contribution in [1.29, 1.82) is 10.8 Å². The topological polar surface area (TPSA) is 84.1 Å². The maximum atomic E-state index is 13.8. The molecule has 1 aliphatic heterocycles. The molecule has 0 radical (unpaired) electrons. The summed E-state index contributed by atoms with van der Waals surface area (Å²) in [6.45, 7) is 3.04. The molecule has 1 saturated carbocycles. The zero-order valence-corrected chi connectivity index (χ0v) is 13.8. The van der Waals surface area contributed by atoms with Crippen LogP contribution in [-0.4, -0.2) is 51.5 Å². The van der Waals surface area contributed by atoms with E-state index in [9.17, 15) is 9.18 Å². The minimum absolute atomic E-state index is 0.0579. The Bertz CT molecular complexity index is 669. The number of carbonyl (C=O) groups is 1. The number of carbonyl (C=O) groups excluding carboxylic acids is 1. The van der Waals surface area contributed by atoms with Gasteiger partial charge in [0.1, 0.15) is 5.84 Å². The summed E-state index contributed by atoms with van der Waals surface area (Å²) in [7, 11) is 0. The molecule has 0 spiro atoms. The number of hydrogen-bond acceptors (Lipinski definition) is 4. The highest BCUT2D eigenvalue weighted by Crippen LogP contribution is 2.28. The van der Waals surface area contributed by atoms with Gasteiger partial charge in [0.2, 0.25) is 0 Å². The van der Waals surface area contributed by atoms with Gasteiger partial charge in [0.25, 0.3) is 5.91 Å². The molecule has 24 heavy (non-hydrogen) atoms. The lowest BCUT2D eigenvalue weighted by atomic mass is 9.86. The molecule has 0 unspecified atom stereocenters. The first-order valence-corrected chi connectivity index (χ1v) is 8.34. The van der Waals surface area contributed by atoms with Gasteiger partial charge in [-0.3, -0.25) is 20.6 Å². The summed E-state index contributed by atoms with van der Waals surface area (Å²) >= 11 is 0. The van der Waals surface area contributed by atoms with E-state index in [1.54, 1.807) is 4.90 Å². The van der Waals surface area contributed by atoms with E-state index >= 15 is 0 Å². The average Bonchev–Trinajstić information content (AvgIpc) is 2.58. The normalized spacial score (nSPS) is 25.1. The van der Waals surface area contributed by atoms with Crippen molar-refractivity contribution in [2.45, 2.75) is 38.6 Å². The first kappa shape index (κ1) is 16.5. The third kappa shape index (κ3) is 3.02. The fourth-order valence-corrected chi connectivity index (χ4v) is 3.51. The predicted octanol–water partition coefficient (Wildman–Crippen LogP) is 2.25. The van der Waals surface area contributed by atoms with Gasteiger partial charge in [-0.05, 0) is 37.7 Å². The molecule has 2 fully saturated rings. The van der Waals surface area contributed by atoms with Crippen LogP contribution in [0.15, 0.2) is 18.5 Å². The number of piperazine rings is 1. The van der Waals surface area contributed by atoms with E-state index in [4.69, 9.17) is 10.8 Å². The van der Waals surface area contributed by atoms with Gasteiger partial charge in [0.05, 0.1) is 11.8 Å². The quantitative estimate of drug-likeness (QED) is 0.644. The lowest BCUT2D eigenvalue weighted by Gasteiger charge is -2.42. The van der Waals surface area contributed by atoms with Gasteiger partial charge < -0.3 is 9.80 Å². The molecular formula is C17H22FN5O. The van der Waals surface area contributed by atoms with E-state index < -0.39 is 5.82 Å². The Hall–Kier alpha value is -2.31. The van der Waals surface area contributed by atoms with Gasteiger partial charge in [-0.25, -0.2) is 4.39 Å². The van der Waals surface area contributed by atoms with Crippen molar-refractivity contribution in [3.8, 4) is 0 Å². The summed E-state index contributed by atoms with van der Waals surface area (Å²) in [6, 6.07) is 1.58. The van der Waals surface area contributed by atoms with Crippen molar-refractivity contribution in [3.05, 3.63) is 29.8 Å². The SMILES string of the molecule is CC1CCC(N2CCN(C(=N)c3ccncc3F)C(=N)C2=O)CC1. The molecule has 7 heteroatoms. The second kappa shape index (κ2) is 6.67. The van der Waals surface area contributed by atoms with E-state index in [0.29, 0.717) is 19.0 Å². The Morgan fingerprint density at radius 1 is 1.29 bits per heavy atom. The third-order valence-electron chi connectivity index (χ3n) is 5.02. The molecule has 3 rings (SSSR count). The van der Waals surface area contributed by atoms with Crippen molar-refractivity contribution in [1.82, 2.24) is 14.8 Å². The van der Waals surface area contributed by atoms with Crippen molar-refractivity contribution in [2.75, 3.05) is 13.1 Å². The number of halogens is 1. The van der Waals surface area contributed by atoms with Crippen molar-refractivity contribution >= 4 is 17.6 Å². The standard InChI is InChI=1S/C17H22FN5O/c1-11-2-4-12(5-3-11)22-8-9-23(16(20)17(22)24)15(19)13-6-7-21-10-14(13)18/h6-7,10-12,19-20H,2-5,8-9H2,1H3. The third-order valence-corrected chi connectivity index (χ3v) is 5.02. The number of nitrogens with one attached hydrogen (secondary N) is 2. The number of nitrogens with zero attached hydrogens (tertiary/aromatic N) is 3. The van der Waals surface area contributed by atoms with E-state index in [1.807, 2.05) is 0 Å². The van der Waals surface area contributed by atoms with Crippen LogP contribution in [0, 0.1) is 22.6 Å². The van der Waals surface area contributed by atoms with E-state index in [-0.39, 0.29) is 29.2 Å². The van der Waals surface area contributed by atoms with Crippen LogP contribution in [0.2, 0.25) is 0 Å². The second-order valence-corrected chi connectivity index (χ2v) is 6.62. The number of aromatic nitrogens is 1. The fourth-order valence-electron chi connectivity index (χ4n) is 3.51. The van der Waals surface area contributed by atoms with Gasteiger partial charge in [-0.1, -0.05) is 6.92 Å². The van der Waals surface area contributed by atoms with Gasteiger partial charge in [0, 0.05) is 25.3 Å². The maximum absolute atomic E-state index is 13.8. The summed E-state index contributed by atoms with van der Waals surface area (Å²) in [5, 5.41) is 16.3. The highest BCUT2D eigenvalue weighted by Gasteiger charge is 2.37. The molecule has 2 N–H and O–H groups in total. The molecule has 128 valence electrons. The van der Waals surface area contributed by atoms with E-state index in [1.165, 1.54) is 17.2 Å². The van der Waals surface area contributed by atoms with Crippen LogP contribution in [0.1, 0.15) is 38.2 Å². The Morgan fingerprint density at radius 2 is 2.00 bits per heavy atom. The van der Waals surface area contributed by atoms with Crippen LogP contribution >= 0.6 is 0 Å². The zero-order valence-electron chi connectivity index (χ0n) is 13.8. The van der Waals surface area contributed by atoms with Crippen LogP contribution in [0.4, 0.5) is 4.39 Å². The maximum Gasteiger partial charge on any atom is 0.289 e. The highest BCUT2D eigenvalue weighted by molar-refractivity contribution is 6.40. The molecule has 0 bridgehead atoms. The number of amidine groups is 2. The average molecular weight is 331 g/mol. The largest absolute Gasteiger partial charge is 0.331 e. The fraction of sp³-hybridized carbons (Fsp3) is 0.529. The summed E-state index contributed by atoms with van der Waals surface area (Å²) in [6.07, 6.45) is 6.58. The smallest absolute Gasteiger partial charge is 0.289 e. The molecule has 1 amide bonds. The summed E-state index contributed by atoms with van der Waals surface area (Å²) in [5.74, 6) is -0.697. The van der Waals surface area contributed by atoms with Crippen molar-refractivity contribution < 1.29 is 9.18 Å². The molecular weight excluding hydrogens is 309 g/mol. The summed E-state index contributed by atoms with van der Waals surface area (Å²) in [4.78, 5) is 19.3. The number of hydrogen-bond donors (Lipinski definition) is 2. The highest BCUT2D eigenvalue weighted by atomic mass is 19.1. The van der Waals surface area contributed by atoms with Crippen LogP contribution in [0.5, 0.6) is 0 Å². The number of amides is 1. The van der Waals surface area contributed by atoms with Crippen molar-refractivity contribution in [3.63, 3.8) is 0 Å². The Morgan fingerprint density at radius 3 is 2.67 bits per heavy atom. The van der Waals surface area contributed by atoms with E-state index in [0.717, 1.165) is 31.9 Å². The number of rotatable bonds is 2. The predicted molar refractivity (Wildman–Crippen MR) is 88.6 cm³/mol. The lowest BCUT2D eigenvalue weighted by Crippen LogP contribution is -2.59. The van der Waals surface area contributed by atoms with Crippen LogP contribution in [-0.2, 0) is 4.79 Å². The molecule has 1 aliphatic carbocycles. The van der Waals surface area contributed by atoms with Gasteiger partial charge >= 0.3 is 0 Å². The van der Waals surface area contributed by atoms with Crippen LogP contribution in [0.25, 0.3) is 0 Å². The Kier molecular flexibility index (Phi) is 4.59.